The summed E-state index contributed by atoms with van der Waals surface area (Å²) in [5.74, 6) is -2.38. The molecule has 1 amide bonds. The minimum atomic E-state index is -3.46. The predicted octanol–water partition coefficient (Wildman–Crippen LogP) is 1.20. The molecule has 2 N–H and O–H groups in total. The van der Waals surface area contributed by atoms with Crippen LogP contribution in [0, 0.1) is 17.3 Å². The van der Waals surface area contributed by atoms with E-state index in [4.69, 9.17) is 0 Å². The lowest BCUT2D eigenvalue weighted by Crippen LogP contribution is -2.50. The first-order valence-corrected chi connectivity index (χ1v) is 10.7. The molecule has 2 aliphatic carbocycles. The van der Waals surface area contributed by atoms with E-state index in [1.165, 1.54) is 0 Å². The van der Waals surface area contributed by atoms with Crippen LogP contribution in [0.25, 0.3) is 0 Å². The summed E-state index contributed by atoms with van der Waals surface area (Å²) >= 11 is 0. The van der Waals surface area contributed by atoms with Gasteiger partial charge in [0, 0.05) is 19.1 Å². The largest absolute Gasteiger partial charge is 0.481 e. The molecule has 0 aromatic carbocycles. The van der Waals surface area contributed by atoms with E-state index in [9.17, 15) is 23.1 Å². The molecule has 25 heavy (non-hydrogen) atoms. The van der Waals surface area contributed by atoms with Crippen LogP contribution in [0.2, 0.25) is 0 Å². The molecule has 0 bridgehead atoms. The molecule has 1 aliphatic heterocycles. The Hall–Kier alpha value is -1.15. The molecular formula is C17H28N2O5S. The smallest absolute Gasteiger partial charge is 0.307 e. The first-order valence-electron chi connectivity index (χ1n) is 9.17. The van der Waals surface area contributed by atoms with Crippen LogP contribution in [-0.2, 0) is 19.6 Å². The number of carboxylic acids is 1. The molecule has 142 valence electrons. The van der Waals surface area contributed by atoms with Crippen LogP contribution in [0.4, 0.5) is 0 Å². The van der Waals surface area contributed by atoms with Gasteiger partial charge in [-0.2, -0.15) is 0 Å². The molecule has 3 aliphatic rings. The predicted molar refractivity (Wildman–Crippen MR) is 92.3 cm³/mol. The first-order chi connectivity index (χ1) is 11.6. The summed E-state index contributed by atoms with van der Waals surface area (Å²) < 4.78 is 28.1. The van der Waals surface area contributed by atoms with Gasteiger partial charge < -0.3 is 10.0 Å². The standard InChI is InChI=1S/C17H28N2O5S/c1-17(2)13(14(17)16(21)22)15(20)19-9-5-8-12(10-19)25(23,24)18-11-6-3-4-7-11/h11-14,18H,3-10H2,1-2H3,(H,21,22)/t12?,13-,14+/m1/s1. The molecule has 0 aromatic rings. The minimum absolute atomic E-state index is 0.0230. The van der Waals surface area contributed by atoms with Gasteiger partial charge in [0.15, 0.2) is 0 Å². The number of carbonyl (C=O) groups is 2. The topological polar surface area (TPSA) is 104 Å². The summed E-state index contributed by atoms with van der Waals surface area (Å²) in [7, 11) is -3.46. The molecule has 2 saturated carbocycles. The molecule has 1 heterocycles. The fourth-order valence-electron chi connectivity index (χ4n) is 4.52. The summed E-state index contributed by atoms with van der Waals surface area (Å²) in [5, 5.41) is 8.67. The highest BCUT2D eigenvalue weighted by Gasteiger charge is 2.66. The Balaban J connectivity index is 1.65. The lowest BCUT2D eigenvalue weighted by Gasteiger charge is -2.33. The Labute approximate surface area is 149 Å². The Morgan fingerprint density at radius 3 is 2.28 bits per heavy atom. The Morgan fingerprint density at radius 1 is 1.08 bits per heavy atom. The van der Waals surface area contributed by atoms with Gasteiger partial charge >= 0.3 is 5.97 Å². The van der Waals surface area contributed by atoms with Gasteiger partial charge in [0.25, 0.3) is 0 Å². The monoisotopic (exact) mass is 372 g/mol. The van der Waals surface area contributed by atoms with Crippen LogP contribution >= 0.6 is 0 Å². The van der Waals surface area contributed by atoms with Crippen molar-refractivity contribution in [2.75, 3.05) is 13.1 Å². The Bertz CT molecular complexity index is 654. The normalized spacial score (nSPS) is 32.6. The number of hydrogen-bond donors (Lipinski definition) is 2. The quantitative estimate of drug-likeness (QED) is 0.755. The highest BCUT2D eigenvalue weighted by molar-refractivity contribution is 7.90. The van der Waals surface area contributed by atoms with E-state index in [0.29, 0.717) is 19.4 Å². The molecule has 3 fully saturated rings. The van der Waals surface area contributed by atoms with Crippen molar-refractivity contribution in [1.82, 2.24) is 9.62 Å². The highest BCUT2D eigenvalue weighted by Crippen LogP contribution is 2.59. The maximum absolute atomic E-state index is 12.8. The number of piperidine rings is 1. The third-order valence-corrected chi connectivity index (χ3v) is 8.10. The van der Waals surface area contributed by atoms with Crippen molar-refractivity contribution in [3.8, 4) is 0 Å². The van der Waals surface area contributed by atoms with E-state index in [1.807, 2.05) is 0 Å². The fraction of sp³-hybridized carbons (Fsp3) is 0.882. The molecule has 0 spiro atoms. The number of sulfonamides is 1. The second kappa shape index (κ2) is 6.54. The van der Waals surface area contributed by atoms with Crippen LogP contribution in [-0.4, -0.2) is 54.7 Å². The summed E-state index contributed by atoms with van der Waals surface area (Å²) in [5.41, 5.74) is -0.559. The summed E-state index contributed by atoms with van der Waals surface area (Å²) in [6.45, 7) is 4.25. The second-order valence-corrected chi connectivity index (χ2v) is 10.3. The van der Waals surface area contributed by atoms with E-state index >= 15 is 0 Å². The van der Waals surface area contributed by atoms with Crippen molar-refractivity contribution in [3.63, 3.8) is 0 Å². The van der Waals surface area contributed by atoms with Crippen LogP contribution in [0.3, 0.4) is 0 Å². The van der Waals surface area contributed by atoms with E-state index in [0.717, 1.165) is 25.7 Å². The van der Waals surface area contributed by atoms with E-state index in [2.05, 4.69) is 4.72 Å². The Kier molecular flexibility index (Phi) is 4.87. The van der Waals surface area contributed by atoms with Crippen molar-refractivity contribution < 1.29 is 23.1 Å². The lowest BCUT2D eigenvalue weighted by molar-refractivity contribution is -0.142. The highest BCUT2D eigenvalue weighted by atomic mass is 32.2. The number of nitrogens with one attached hydrogen (secondary N) is 1. The zero-order valence-corrected chi connectivity index (χ0v) is 15.7. The van der Waals surface area contributed by atoms with Crippen LogP contribution in [0.5, 0.6) is 0 Å². The van der Waals surface area contributed by atoms with Crippen molar-refractivity contribution in [2.24, 2.45) is 17.3 Å². The summed E-state index contributed by atoms with van der Waals surface area (Å²) in [6, 6.07) is 0.0230. The average molecular weight is 372 g/mol. The summed E-state index contributed by atoms with van der Waals surface area (Å²) in [6.07, 6.45) is 5.04. The average Bonchev–Trinajstić information content (AvgIpc) is 2.86. The first kappa shape index (κ1) is 18.6. The minimum Gasteiger partial charge on any atom is -0.481 e. The number of nitrogens with zero attached hydrogens (tertiary/aromatic N) is 1. The zero-order valence-electron chi connectivity index (χ0n) is 14.9. The van der Waals surface area contributed by atoms with Crippen molar-refractivity contribution >= 4 is 21.9 Å². The lowest BCUT2D eigenvalue weighted by atomic mass is 10.1. The van der Waals surface area contributed by atoms with Crippen LogP contribution in [0.15, 0.2) is 0 Å². The van der Waals surface area contributed by atoms with Gasteiger partial charge in [0.05, 0.1) is 17.1 Å². The number of aliphatic carboxylic acids is 1. The second-order valence-electron chi connectivity index (χ2n) is 8.31. The van der Waals surface area contributed by atoms with E-state index in [-0.39, 0.29) is 18.5 Å². The zero-order chi connectivity index (χ0) is 18.4. The Morgan fingerprint density at radius 2 is 1.72 bits per heavy atom. The maximum atomic E-state index is 12.8. The molecule has 0 radical (unpaired) electrons. The molecule has 3 atom stereocenters. The van der Waals surface area contributed by atoms with Gasteiger partial charge in [-0.15, -0.1) is 0 Å². The van der Waals surface area contributed by atoms with E-state index in [1.54, 1.807) is 18.7 Å². The van der Waals surface area contributed by atoms with Crippen molar-refractivity contribution in [3.05, 3.63) is 0 Å². The van der Waals surface area contributed by atoms with E-state index < -0.39 is 38.5 Å². The maximum Gasteiger partial charge on any atom is 0.307 e. The molecule has 1 unspecified atom stereocenters. The van der Waals surface area contributed by atoms with Gasteiger partial charge in [-0.1, -0.05) is 26.7 Å². The number of likely N-dealkylation sites (tertiary alicyclic amines) is 1. The van der Waals surface area contributed by atoms with Crippen molar-refractivity contribution in [1.29, 1.82) is 0 Å². The number of carboxylic acid groups (broad SMARTS) is 1. The molecule has 7 nitrogen and oxygen atoms in total. The number of carbonyl (C=O) groups excluding carboxylic acids is 1. The summed E-state index contributed by atoms with van der Waals surface area (Å²) in [4.78, 5) is 25.6. The number of rotatable bonds is 5. The number of amides is 1. The van der Waals surface area contributed by atoms with Gasteiger partial charge in [0.1, 0.15) is 0 Å². The third kappa shape index (κ3) is 3.56. The molecule has 8 heteroatoms. The van der Waals surface area contributed by atoms with Gasteiger partial charge in [-0.05, 0) is 31.1 Å². The van der Waals surface area contributed by atoms with Gasteiger partial charge in [-0.3, -0.25) is 9.59 Å². The number of hydrogen-bond acceptors (Lipinski definition) is 4. The molecule has 3 rings (SSSR count). The van der Waals surface area contributed by atoms with Crippen LogP contribution < -0.4 is 4.72 Å². The van der Waals surface area contributed by atoms with Gasteiger partial charge in [0.2, 0.25) is 15.9 Å². The molecule has 0 aromatic heterocycles. The SMILES string of the molecule is CC1(C)[C@H](C(=O)O)[C@@H]1C(=O)N1CCCC(S(=O)(=O)NC2CCCC2)C1. The van der Waals surface area contributed by atoms with Crippen LogP contribution in [0.1, 0.15) is 52.4 Å². The van der Waals surface area contributed by atoms with Crippen molar-refractivity contribution in [2.45, 2.75) is 63.7 Å². The van der Waals surface area contributed by atoms with Gasteiger partial charge in [-0.25, -0.2) is 13.1 Å². The third-order valence-electron chi connectivity index (χ3n) is 6.17. The molecular weight excluding hydrogens is 344 g/mol. The fourth-order valence-corrected chi connectivity index (χ4v) is 6.27. The molecule has 1 saturated heterocycles.